The molecule has 0 radical (unpaired) electrons. The number of hydrogen-bond donors (Lipinski definition) is 1. The third-order valence-corrected chi connectivity index (χ3v) is 6.78. The summed E-state index contributed by atoms with van der Waals surface area (Å²) < 4.78 is 5.34. The highest BCUT2D eigenvalue weighted by Gasteiger charge is 2.27. The van der Waals surface area contributed by atoms with E-state index < -0.39 is 5.60 Å². The van der Waals surface area contributed by atoms with Crippen molar-refractivity contribution in [3.63, 3.8) is 0 Å². The van der Waals surface area contributed by atoms with Gasteiger partial charge in [0.15, 0.2) is 0 Å². The van der Waals surface area contributed by atoms with Crippen LogP contribution in [0.4, 0.5) is 16.2 Å². The van der Waals surface area contributed by atoms with E-state index in [2.05, 4.69) is 46.6 Å². The van der Waals surface area contributed by atoms with Crippen LogP contribution in [0.5, 0.6) is 0 Å². The van der Waals surface area contributed by atoms with E-state index >= 15 is 0 Å². The first-order chi connectivity index (χ1) is 15.3. The predicted octanol–water partition coefficient (Wildman–Crippen LogP) is 5.20. The summed E-state index contributed by atoms with van der Waals surface area (Å²) in [6, 6.07) is 16.8. The van der Waals surface area contributed by atoms with Gasteiger partial charge in [0.05, 0.1) is 11.4 Å². The molecule has 1 fully saturated rings. The molecule has 2 aromatic rings. The van der Waals surface area contributed by atoms with Crippen LogP contribution in [0, 0.1) is 0 Å². The summed E-state index contributed by atoms with van der Waals surface area (Å²) in [5.41, 5.74) is 1.80. The van der Waals surface area contributed by atoms with Crippen molar-refractivity contribution >= 4 is 35.1 Å². The third-order valence-electron chi connectivity index (χ3n) is 5.65. The molecule has 32 heavy (non-hydrogen) atoms. The zero-order valence-electron chi connectivity index (χ0n) is 19.0. The Hall–Kier alpha value is -2.67. The van der Waals surface area contributed by atoms with E-state index in [0.717, 1.165) is 24.2 Å². The van der Waals surface area contributed by atoms with Crippen LogP contribution in [-0.2, 0) is 9.53 Å². The summed E-state index contributed by atoms with van der Waals surface area (Å²) in [6.07, 6.45) is 1.56. The number of rotatable bonds is 4. The van der Waals surface area contributed by atoms with E-state index in [4.69, 9.17) is 4.74 Å². The first-order valence-corrected chi connectivity index (χ1v) is 12.0. The molecule has 2 heterocycles. The monoisotopic (exact) mass is 453 g/mol. The molecule has 1 N–H and O–H groups in total. The van der Waals surface area contributed by atoms with Gasteiger partial charge in [-0.15, -0.1) is 0 Å². The fourth-order valence-corrected chi connectivity index (χ4v) is 5.23. The molecule has 0 spiro atoms. The number of benzene rings is 2. The quantitative estimate of drug-likeness (QED) is 0.690. The van der Waals surface area contributed by atoms with Crippen molar-refractivity contribution in [1.82, 2.24) is 10.2 Å². The normalized spacial score (nSPS) is 16.2. The zero-order chi connectivity index (χ0) is 22.7. The lowest BCUT2D eigenvalue weighted by atomic mass is 10.0. The molecule has 170 valence electrons. The zero-order valence-corrected chi connectivity index (χ0v) is 19.8. The minimum Gasteiger partial charge on any atom is -0.444 e. The number of fused-ring (bicyclic) bond motifs is 2. The standard InChI is InChI=1S/C25H31N3O3S/c1-25(2,3)31-24(30)26-18-12-15-27(16-13-18)23(29)14-17-28-19-8-4-6-10-21(19)32-22-11-7-5-9-20(22)28/h4-11,18H,12-17H2,1-3H3,(H,26,30). The Morgan fingerprint density at radius 2 is 1.56 bits per heavy atom. The number of hydrogen-bond acceptors (Lipinski definition) is 5. The summed E-state index contributed by atoms with van der Waals surface area (Å²) >= 11 is 1.78. The second-order valence-corrected chi connectivity index (χ2v) is 10.3. The van der Waals surface area contributed by atoms with Crippen molar-refractivity contribution in [2.24, 2.45) is 0 Å². The number of amides is 2. The number of nitrogens with one attached hydrogen (secondary N) is 1. The van der Waals surface area contributed by atoms with Gasteiger partial charge in [0.1, 0.15) is 5.60 Å². The molecule has 4 rings (SSSR count). The molecule has 2 amide bonds. The first-order valence-electron chi connectivity index (χ1n) is 11.2. The molecular formula is C25H31N3O3S. The van der Waals surface area contributed by atoms with Gasteiger partial charge >= 0.3 is 6.09 Å². The SMILES string of the molecule is CC(C)(C)OC(=O)NC1CCN(C(=O)CCN2c3ccccc3Sc3ccccc32)CC1. The van der Waals surface area contributed by atoms with Gasteiger partial charge < -0.3 is 19.9 Å². The summed E-state index contributed by atoms with van der Waals surface area (Å²) in [7, 11) is 0. The summed E-state index contributed by atoms with van der Waals surface area (Å²) in [5.74, 6) is 0.161. The number of anilines is 2. The summed E-state index contributed by atoms with van der Waals surface area (Å²) in [6.45, 7) is 7.51. The molecule has 0 aliphatic carbocycles. The molecule has 0 saturated carbocycles. The number of piperidine rings is 1. The average Bonchev–Trinajstić information content (AvgIpc) is 2.75. The molecule has 0 unspecified atom stereocenters. The first kappa shape index (κ1) is 22.5. The van der Waals surface area contributed by atoms with Crippen molar-refractivity contribution in [3.05, 3.63) is 48.5 Å². The number of likely N-dealkylation sites (tertiary alicyclic amines) is 1. The van der Waals surface area contributed by atoms with E-state index in [-0.39, 0.29) is 18.0 Å². The number of carbonyl (C=O) groups excluding carboxylic acids is 2. The maximum Gasteiger partial charge on any atom is 0.407 e. The van der Waals surface area contributed by atoms with Gasteiger partial charge in [0, 0.05) is 41.9 Å². The molecule has 7 heteroatoms. The Labute approximate surface area is 194 Å². The lowest BCUT2D eigenvalue weighted by Crippen LogP contribution is -2.48. The number of nitrogens with zero attached hydrogens (tertiary/aromatic N) is 2. The van der Waals surface area contributed by atoms with Gasteiger partial charge in [-0.1, -0.05) is 36.0 Å². The molecular weight excluding hydrogens is 422 g/mol. The second kappa shape index (κ2) is 9.45. The van der Waals surface area contributed by atoms with E-state index in [1.165, 1.54) is 9.79 Å². The van der Waals surface area contributed by atoms with Crippen LogP contribution in [0.1, 0.15) is 40.0 Å². The van der Waals surface area contributed by atoms with E-state index in [1.54, 1.807) is 11.8 Å². The van der Waals surface area contributed by atoms with Crippen molar-refractivity contribution in [1.29, 1.82) is 0 Å². The van der Waals surface area contributed by atoms with Gasteiger partial charge in [0.2, 0.25) is 5.91 Å². The fraction of sp³-hybridized carbons (Fsp3) is 0.440. The minimum absolute atomic E-state index is 0.0479. The average molecular weight is 454 g/mol. The van der Waals surface area contributed by atoms with Crippen LogP contribution >= 0.6 is 11.8 Å². The third kappa shape index (κ3) is 5.38. The molecule has 6 nitrogen and oxygen atoms in total. The molecule has 2 aromatic carbocycles. The molecule has 0 aromatic heterocycles. The Bertz CT molecular complexity index is 935. The molecule has 0 atom stereocenters. The van der Waals surface area contributed by atoms with Crippen molar-refractivity contribution in [2.45, 2.75) is 61.5 Å². The van der Waals surface area contributed by atoms with Crippen LogP contribution in [0.2, 0.25) is 0 Å². The van der Waals surface area contributed by atoms with E-state index in [9.17, 15) is 9.59 Å². The second-order valence-electron chi connectivity index (χ2n) is 9.24. The topological polar surface area (TPSA) is 61.9 Å². The van der Waals surface area contributed by atoms with Gasteiger partial charge in [-0.3, -0.25) is 4.79 Å². The fourth-order valence-electron chi connectivity index (χ4n) is 4.14. The Morgan fingerprint density at radius 3 is 2.12 bits per heavy atom. The van der Waals surface area contributed by atoms with Gasteiger partial charge in [0.25, 0.3) is 0 Å². The maximum atomic E-state index is 13.0. The number of carbonyl (C=O) groups is 2. The largest absolute Gasteiger partial charge is 0.444 e. The van der Waals surface area contributed by atoms with E-state index in [0.29, 0.717) is 26.1 Å². The Morgan fingerprint density at radius 1 is 1.00 bits per heavy atom. The van der Waals surface area contributed by atoms with Crippen LogP contribution in [0.15, 0.2) is 58.3 Å². The lowest BCUT2D eigenvalue weighted by molar-refractivity contribution is -0.132. The molecule has 2 aliphatic rings. The highest BCUT2D eigenvalue weighted by molar-refractivity contribution is 7.99. The maximum absolute atomic E-state index is 13.0. The molecule has 0 bridgehead atoms. The lowest BCUT2D eigenvalue weighted by Gasteiger charge is -2.35. The van der Waals surface area contributed by atoms with Gasteiger partial charge in [-0.05, 0) is 57.9 Å². The highest BCUT2D eigenvalue weighted by Crippen LogP contribution is 2.47. The van der Waals surface area contributed by atoms with Crippen LogP contribution in [-0.4, -0.2) is 48.2 Å². The highest BCUT2D eigenvalue weighted by atomic mass is 32.2. The van der Waals surface area contributed by atoms with Crippen LogP contribution < -0.4 is 10.2 Å². The van der Waals surface area contributed by atoms with Crippen molar-refractivity contribution in [3.8, 4) is 0 Å². The van der Waals surface area contributed by atoms with Gasteiger partial charge in [-0.25, -0.2) is 4.79 Å². The van der Waals surface area contributed by atoms with Crippen molar-refractivity contribution < 1.29 is 14.3 Å². The predicted molar refractivity (Wildman–Crippen MR) is 128 cm³/mol. The molecule has 1 saturated heterocycles. The van der Waals surface area contributed by atoms with Crippen LogP contribution in [0.25, 0.3) is 0 Å². The van der Waals surface area contributed by atoms with Crippen LogP contribution in [0.3, 0.4) is 0 Å². The number of ether oxygens (including phenoxy) is 1. The smallest absolute Gasteiger partial charge is 0.407 e. The Balaban J connectivity index is 1.32. The summed E-state index contributed by atoms with van der Waals surface area (Å²) in [4.78, 5) is 31.6. The number of alkyl carbamates (subject to hydrolysis) is 1. The van der Waals surface area contributed by atoms with Gasteiger partial charge in [-0.2, -0.15) is 0 Å². The van der Waals surface area contributed by atoms with Crippen molar-refractivity contribution in [2.75, 3.05) is 24.5 Å². The molecule has 2 aliphatic heterocycles. The Kier molecular flexibility index (Phi) is 6.65. The minimum atomic E-state index is -0.509. The number of para-hydroxylation sites is 2. The summed E-state index contributed by atoms with van der Waals surface area (Å²) in [5, 5.41) is 2.93. The van der Waals surface area contributed by atoms with E-state index in [1.807, 2.05) is 37.8 Å².